The average molecular weight is 185 g/mol. The van der Waals surface area contributed by atoms with Gasteiger partial charge in [0.2, 0.25) is 0 Å². The maximum atomic E-state index is 9.67. The van der Waals surface area contributed by atoms with Crippen molar-refractivity contribution in [2.45, 2.75) is 43.2 Å². The summed E-state index contributed by atoms with van der Waals surface area (Å²) < 4.78 is 11.3. The molecule has 3 rings (SSSR count). The molecule has 4 nitrogen and oxygen atoms in total. The molecule has 2 N–H and O–H groups in total. The molecule has 0 saturated carbocycles. The molecular weight excluding hydrogens is 170 g/mol. The van der Waals surface area contributed by atoms with E-state index in [2.05, 4.69) is 5.32 Å². The normalized spacial score (nSPS) is 47.3. The first-order chi connectivity index (χ1) is 6.27. The predicted octanol–water partition coefficient (Wildman–Crippen LogP) is -0.385. The lowest BCUT2D eigenvalue weighted by Crippen LogP contribution is -2.50. The highest BCUT2D eigenvalue weighted by atomic mass is 16.7. The van der Waals surface area contributed by atoms with Gasteiger partial charge >= 0.3 is 0 Å². The average Bonchev–Trinajstić information content (AvgIpc) is 2.60. The Kier molecular flexibility index (Phi) is 1.68. The number of nitrogens with one attached hydrogen (secondary N) is 1. The molecule has 0 radical (unpaired) electrons. The third-order valence-corrected chi connectivity index (χ3v) is 3.34. The topological polar surface area (TPSA) is 50.7 Å². The zero-order chi connectivity index (χ0) is 8.89. The minimum atomic E-state index is -0.363. The molecule has 2 bridgehead atoms. The summed E-state index contributed by atoms with van der Waals surface area (Å²) in [6.07, 6.45) is 2.32. The monoisotopic (exact) mass is 185 g/mol. The van der Waals surface area contributed by atoms with Gasteiger partial charge in [0, 0.05) is 24.9 Å². The van der Waals surface area contributed by atoms with Gasteiger partial charge in [-0.2, -0.15) is 0 Å². The van der Waals surface area contributed by atoms with Crippen LogP contribution in [0.4, 0.5) is 0 Å². The molecule has 3 saturated heterocycles. The molecule has 4 heteroatoms. The van der Waals surface area contributed by atoms with Gasteiger partial charge < -0.3 is 19.9 Å². The van der Waals surface area contributed by atoms with E-state index in [1.54, 1.807) is 0 Å². The molecule has 3 atom stereocenters. The predicted molar refractivity (Wildman–Crippen MR) is 45.2 cm³/mol. The van der Waals surface area contributed by atoms with Gasteiger partial charge in [-0.15, -0.1) is 0 Å². The molecule has 13 heavy (non-hydrogen) atoms. The van der Waals surface area contributed by atoms with Gasteiger partial charge in [-0.3, -0.25) is 0 Å². The van der Waals surface area contributed by atoms with Crippen molar-refractivity contribution in [2.24, 2.45) is 0 Å². The standard InChI is InChI=1S/C9H15NO3/c11-8-3-6-4-9(5-7(8)10-6)12-1-2-13-9/h6-8,10-11H,1-5H2/t6-,7-,8+/m1/s1. The Labute approximate surface area is 77.2 Å². The molecule has 0 amide bonds. The van der Waals surface area contributed by atoms with Crippen molar-refractivity contribution in [1.82, 2.24) is 5.32 Å². The van der Waals surface area contributed by atoms with Gasteiger partial charge in [-0.1, -0.05) is 0 Å². The number of ether oxygens (including phenoxy) is 2. The van der Waals surface area contributed by atoms with Crippen molar-refractivity contribution in [3.05, 3.63) is 0 Å². The van der Waals surface area contributed by atoms with E-state index in [1.165, 1.54) is 0 Å². The maximum absolute atomic E-state index is 9.67. The van der Waals surface area contributed by atoms with E-state index in [0.717, 1.165) is 19.3 Å². The molecule has 1 spiro atoms. The van der Waals surface area contributed by atoms with Crippen molar-refractivity contribution >= 4 is 0 Å². The van der Waals surface area contributed by atoms with E-state index in [9.17, 15) is 5.11 Å². The summed E-state index contributed by atoms with van der Waals surface area (Å²) in [7, 11) is 0. The van der Waals surface area contributed by atoms with Crippen LogP contribution >= 0.6 is 0 Å². The highest BCUT2D eigenvalue weighted by Gasteiger charge is 2.50. The number of fused-ring (bicyclic) bond motifs is 2. The van der Waals surface area contributed by atoms with Crippen molar-refractivity contribution in [2.75, 3.05) is 13.2 Å². The van der Waals surface area contributed by atoms with Gasteiger partial charge in [0.05, 0.1) is 19.3 Å². The van der Waals surface area contributed by atoms with Gasteiger partial charge in [0.1, 0.15) is 0 Å². The Bertz CT molecular complexity index is 213. The second-order valence-electron chi connectivity index (χ2n) is 4.29. The van der Waals surface area contributed by atoms with Crippen molar-refractivity contribution < 1.29 is 14.6 Å². The first kappa shape index (κ1) is 8.17. The van der Waals surface area contributed by atoms with Gasteiger partial charge in [0.15, 0.2) is 5.79 Å². The van der Waals surface area contributed by atoms with Gasteiger partial charge in [0.25, 0.3) is 0 Å². The molecule has 0 aromatic heterocycles. The molecule has 0 aromatic rings. The smallest absolute Gasteiger partial charge is 0.171 e. The van der Waals surface area contributed by atoms with E-state index in [1.807, 2.05) is 0 Å². The number of hydrogen-bond acceptors (Lipinski definition) is 4. The minimum Gasteiger partial charge on any atom is -0.391 e. The lowest BCUT2D eigenvalue weighted by molar-refractivity contribution is -0.183. The van der Waals surface area contributed by atoms with Crippen LogP contribution in [-0.2, 0) is 9.47 Å². The van der Waals surface area contributed by atoms with Crippen LogP contribution in [0.15, 0.2) is 0 Å². The summed E-state index contributed by atoms with van der Waals surface area (Å²) in [6, 6.07) is 0.559. The second-order valence-corrected chi connectivity index (χ2v) is 4.29. The zero-order valence-electron chi connectivity index (χ0n) is 7.53. The summed E-state index contributed by atoms with van der Waals surface area (Å²) in [5.41, 5.74) is 0. The number of piperidine rings is 1. The third kappa shape index (κ3) is 1.21. The maximum Gasteiger partial charge on any atom is 0.171 e. The van der Waals surface area contributed by atoms with Crippen molar-refractivity contribution in [3.8, 4) is 0 Å². The second kappa shape index (κ2) is 2.67. The molecule has 3 heterocycles. The number of rotatable bonds is 0. The summed E-state index contributed by atoms with van der Waals surface area (Å²) in [6.45, 7) is 1.41. The summed E-state index contributed by atoms with van der Waals surface area (Å²) >= 11 is 0. The highest BCUT2D eigenvalue weighted by molar-refractivity contribution is 5.02. The quantitative estimate of drug-likeness (QED) is 0.540. The van der Waals surface area contributed by atoms with Gasteiger partial charge in [-0.05, 0) is 6.42 Å². The van der Waals surface area contributed by atoms with Gasteiger partial charge in [-0.25, -0.2) is 0 Å². The summed E-state index contributed by atoms with van der Waals surface area (Å²) in [5, 5.41) is 13.1. The third-order valence-electron chi connectivity index (χ3n) is 3.34. The fourth-order valence-corrected chi connectivity index (χ4v) is 2.80. The summed E-state index contributed by atoms with van der Waals surface area (Å²) in [4.78, 5) is 0. The Morgan fingerprint density at radius 1 is 1.23 bits per heavy atom. The molecule has 0 aromatic carbocycles. The first-order valence-electron chi connectivity index (χ1n) is 4.99. The Morgan fingerprint density at radius 3 is 2.69 bits per heavy atom. The molecule has 0 unspecified atom stereocenters. The summed E-state index contributed by atoms with van der Waals surface area (Å²) in [5.74, 6) is -0.363. The van der Waals surface area contributed by atoms with Crippen molar-refractivity contribution in [1.29, 1.82) is 0 Å². The van der Waals surface area contributed by atoms with Crippen LogP contribution in [0.5, 0.6) is 0 Å². The van der Waals surface area contributed by atoms with Crippen LogP contribution < -0.4 is 5.32 Å². The van der Waals surface area contributed by atoms with Crippen LogP contribution in [0.25, 0.3) is 0 Å². The Morgan fingerprint density at radius 2 is 2.00 bits per heavy atom. The van der Waals surface area contributed by atoms with E-state index < -0.39 is 0 Å². The number of aliphatic hydroxyl groups excluding tert-OH is 1. The molecule has 3 fully saturated rings. The van der Waals surface area contributed by atoms with E-state index >= 15 is 0 Å². The fourth-order valence-electron chi connectivity index (χ4n) is 2.80. The van der Waals surface area contributed by atoms with Crippen LogP contribution in [0.3, 0.4) is 0 Å². The molecule has 74 valence electrons. The SMILES string of the molecule is O[C@H]1C[C@@H]2CC3(C[C@H]1N2)OCCO3. The van der Waals surface area contributed by atoms with Crippen molar-refractivity contribution in [3.63, 3.8) is 0 Å². The largest absolute Gasteiger partial charge is 0.391 e. The van der Waals surface area contributed by atoms with Crippen LogP contribution in [-0.4, -0.2) is 42.3 Å². The molecule has 0 aliphatic carbocycles. The molecule has 3 aliphatic heterocycles. The highest BCUT2D eigenvalue weighted by Crippen LogP contribution is 2.39. The van der Waals surface area contributed by atoms with E-state index in [-0.39, 0.29) is 17.9 Å². The Balaban J connectivity index is 1.80. The molecular formula is C9H15NO3. The van der Waals surface area contributed by atoms with Crippen LogP contribution in [0, 0.1) is 0 Å². The Hall–Kier alpha value is -0.160. The van der Waals surface area contributed by atoms with E-state index in [4.69, 9.17) is 9.47 Å². The lowest BCUT2D eigenvalue weighted by atomic mass is 9.98. The number of hydrogen-bond donors (Lipinski definition) is 2. The number of aliphatic hydroxyl groups is 1. The first-order valence-corrected chi connectivity index (χ1v) is 4.99. The zero-order valence-corrected chi connectivity index (χ0v) is 7.53. The van der Waals surface area contributed by atoms with Crippen LogP contribution in [0.2, 0.25) is 0 Å². The van der Waals surface area contributed by atoms with Crippen LogP contribution in [0.1, 0.15) is 19.3 Å². The fraction of sp³-hybridized carbons (Fsp3) is 1.00. The van der Waals surface area contributed by atoms with E-state index in [0.29, 0.717) is 19.3 Å². The minimum absolute atomic E-state index is 0.178. The molecule has 3 aliphatic rings. The lowest BCUT2D eigenvalue weighted by Gasteiger charge is -2.36.